The zero-order chi connectivity index (χ0) is 28.8. The molecule has 0 aromatic heterocycles. The molecule has 3 aromatic rings. The van der Waals surface area contributed by atoms with Crippen molar-refractivity contribution in [3.05, 3.63) is 112 Å². The van der Waals surface area contributed by atoms with Crippen molar-refractivity contribution in [3.8, 4) is 5.75 Å². The van der Waals surface area contributed by atoms with Crippen molar-refractivity contribution in [1.29, 1.82) is 0 Å². The van der Waals surface area contributed by atoms with E-state index in [0.717, 1.165) is 16.4 Å². The summed E-state index contributed by atoms with van der Waals surface area (Å²) in [7, 11) is 0. The molecule has 8 nitrogen and oxygen atoms in total. The van der Waals surface area contributed by atoms with Gasteiger partial charge in [0.15, 0.2) is 5.78 Å². The molecule has 1 aliphatic heterocycles. The largest absolute Gasteiger partial charge is 0.423 e. The SMILES string of the molecule is O=C(CN(C(=O)c1ccc(Cl)cc1Cl)N1C(=O)[C@@H]2[C@@H](C1=O)[C@H]1C=C[C@H]2C1)c1ccc(OC(=O)c2ccccc2)cc1. The number of hydrogen-bond donors (Lipinski definition) is 0. The highest BCUT2D eigenvalue weighted by atomic mass is 35.5. The van der Waals surface area contributed by atoms with E-state index in [4.69, 9.17) is 27.9 Å². The van der Waals surface area contributed by atoms with E-state index in [1.165, 1.54) is 42.5 Å². The first kappa shape index (κ1) is 26.9. The second-order valence-electron chi connectivity index (χ2n) is 10.2. The molecule has 10 heteroatoms. The summed E-state index contributed by atoms with van der Waals surface area (Å²) in [5.74, 6) is -3.97. The van der Waals surface area contributed by atoms with Crippen molar-refractivity contribution in [3.63, 3.8) is 0 Å². The van der Waals surface area contributed by atoms with Crippen LogP contribution in [0.4, 0.5) is 0 Å². The fourth-order valence-electron chi connectivity index (χ4n) is 5.84. The van der Waals surface area contributed by atoms with E-state index >= 15 is 0 Å². The van der Waals surface area contributed by atoms with E-state index in [1.807, 2.05) is 12.2 Å². The Balaban J connectivity index is 1.26. The number of rotatable bonds is 7. The van der Waals surface area contributed by atoms with Gasteiger partial charge in [-0.15, -0.1) is 0 Å². The lowest BCUT2D eigenvalue weighted by molar-refractivity contribution is -0.154. The smallest absolute Gasteiger partial charge is 0.343 e. The Labute approximate surface area is 245 Å². The van der Waals surface area contributed by atoms with E-state index in [2.05, 4.69) is 0 Å². The molecular weight excluding hydrogens is 567 g/mol. The van der Waals surface area contributed by atoms with Gasteiger partial charge >= 0.3 is 5.97 Å². The molecule has 3 amide bonds. The van der Waals surface area contributed by atoms with Gasteiger partial charge in [-0.3, -0.25) is 19.2 Å². The van der Waals surface area contributed by atoms with Gasteiger partial charge in [0.25, 0.3) is 17.7 Å². The number of halogens is 2. The first-order chi connectivity index (χ1) is 19.7. The number of benzene rings is 3. The van der Waals surface area contributed by atoms with Gasteiger partial charge in [-0.25, -0.2) is 9.80 Å². The van der Waals surface area contributed by atoms with Crippen LogP contribution < -0.4 is 4.74 Å². The number of nitrogens with zero attached hydrogens (tertiary/aromatic N) is 2. The van der Waals surface area contributed by atoms with E-state index < -0.39 is 47.9 Å². The summed E-state index contributed by atoms with van der Waals surface area (Å²) in [5, 5.41) is 2.02. The van der Waals surface area contributed by atoms with Crippen LogP contribution >= 0.6 is 23.2 Å². The molecule has 1 heterocycles. The molecule has 3 aromatic carbocycles. The first-order valence-electron chi connectivity index (χ1n) is 13.0. The van der Waals surface area contributed by atoms with Crippen molar-refractivity contribution in [2.24, 2.45) is 23.7 Å². The third kappa shape index (κ3) is 4.83. The van der Waals surface area contributed by atoms with Gasteiger partial charge in [-0.2, -0.15) is 5.01 Å². The minimum atomic E-state index is -0.782. The van der Waals surface area contributed by atoms with Crippen molar-refractivity contribution in [2.45, 2.75) is 6.42 Å². The number of amides is 3. The number of imide groups is 1. The summed E-state index contributed by atoms with van der Waals surface area (Å²) in [6.45, 7) is -0.597. The lowest BCUT2D eigenvalue weighted by Crippen LogP contribution is -2.52. The van der Waals surface area contributed by atoms with Crippen LogP contribution in [0.15, 0.2) is 84.9 Å². The molecule has 206 valence electrons. The molecule has 4 atom stereocenters. The van der Waals surface area contributed by atoms with Gasteiger partial charge < -0.3 is 4.74 Å². The van der Waals surface area contributed by atoms with Gasteiger partial charge in [0.2, 0.25) is 0 Å². The Bertz CT molecular complexity index is 1590. The van der Waals surface area contributed by atoms with Crippen LogP contribution in [0.2, 0.25) is 10.0 Å². The number of hydrazine groups is 1. The fourth-order valence-corrected chi connectivity index (χ4v) is 6.33. The van der Waals surface area contributed by atoms with E-state index in [1.54, 1.807) is 30.3 Å². The summed E-state index contributed by atoms with van der Waals surface area (Å²) in [6.07, 6.45) is 4.61. The van der Waals surface area contributed by atoms with Crippen molar-refractivity contribution < 1.29 is 28.7 Å². The van der Waals surface area contributed by atoms with E-state index in [0.29, 0.717) is 10.6 Å². The number of ketones is 1. The number of Topliss-reactive ketones (excluding diaryl/α,β-unsaturated/α-hetero) is 1. The maximum atomic E-state index is 13.8. The highest BCUT2D eigenvalue weighted by Gasteiger charge is 2.61. The number of esters is 1. The van der Waals surface area contributed by atoms with Crippen LogP contribution in [0.5, 0.6) is 5.75 Å². The van der Waals surface area contributed by atoms with Gasteiger partial charge in [-0.1, -0.05) is 53.6 Å². The number of carbonyl (C=O) groups excluding carboxylic acids is 5. The Hall–Kier alpha value is -4.27. The summed E-state index contributed by atoms with van der Waals surface area (Å²) in [5.41, 5.74) is 0.548. The maximum absolute atomic E-state index is 13.8. The van der Waals surface area contributed by atoms with Crippen LogP contribution in [0.3, 0.4) is 0 Å². The third-order valence-corrected chi connectivity index (χ3v) is 8.32. The third-order valence-electron chi connectivity index (χ3n) is 7.77. The van der Waals surface area contributed by atoms with Gasteiger partial charge in [0, 0.05) is 10.6 Å². The molecule has 6 rings (SSSR count). The average Bonchev–Trinajstić information content (AvgIpc) is 3.66. The Morgan fingerprint density at radius 3 is 2.07 bits per heavy atom. The number of fused-ring (bicyclic) bond motifs is 5. The van der Waals surface area contributed by atoms with Crippen LogP contribution in [-0.2, 0) is 9.59 Å². The minimum absolute atomic E-state index is 0.00852. The summed E-state index contributed by atoms with van der Waals surface area (Å²) < 4.78 is 5.37. The average molecular weight is 589 g/mol. The topological polar surface area (TPSA) is 101 Å². The molecule has 0 radical (unpaired) electrons. The Morgan fingerprint density at radius 2 is 1.46 bits per heavy atom. The predicted molar refractivity (Wildman–Crippen MR) is 149 cm³/mol. The molecule has 2 fully saturated rings. The summed E-state index contributed by atoms with van der Waals surface area (Å²) >= 11 is 12.3. The van der Waals surface area contributed by atoms with Crippen LogP contribution in [0.25, 0.3) is 0 Å². The quantitative estimate of drug-likeness (QED) is 0.123. The molecule has 0 N–H and O–H groups in total. The number of allylic oxidation sites excluding steroid dienone is 2. The van der Waals surface area contributed by atoms with Crippen LogP contribution in [-0.4, -0.2) is 46.0 Å². The summed E-state index contributed by atoms with van der Waals surface area (Å²) in [6, 6.07) is 18.5. The highest BCUT2D eigenvalue weighted by molar-refractivity contribution is 6.36. The normalized spacial score (nSPS) is 22.1. The number of ether oxygens (including phenoxy) is 1. The number of hydrogen-bond acceptors (Lipinski definition) is 6. The monoisotopic (exact) mass is 588 g/mol. The molecule has 1 saturated heterocycles. The first-order valence-corrected chi connectivity index (χ1v) is 13.7. The lowest BCUT2D eigenvalue weighted by Gasteiger charge is -2.31. The van der Waals surface area contributed by atoms with E-state index in [-0.39, 0.29) is 33.7 Å². The Morgan fingerprint density at radius 1 is 0.829 bits per heavy atom. The van der Waals surface area contributed by atoms with Crippen molar-refractivity contribution in [2.75, 3.05) is 6.54 Å². The zero-order valence-corrected chi connectivity index (χ0v) is 22.9. The molecule has 2 aliphatic carbocycles. The van der Waals surface area contributed by atoms with Gasteiger partial charge in [0.1, 0.15) is 12.3 Å². The fraction of sp³-hybridized carbons (Fsp3) is 0.194. The molecule has 0 unspecified atom stereocenters. The molecule has 0 spiro atoms. The molecule has 2 bridgehead atoms. The van der Waals surface area contributed by atoms with Crippen LogP contribution in [0.1, 0.15) is 37.5 Å². The second-order valence-corrected chi connectivity index (χ2v) is 11.0. The maximum Gasteiger partial charge on any atom is 0.343 e. The minimum Gasteiger partial charge on any atom is -0.423 e. The zero-order valence-electron chi connectivity index (χ0n) is 21.4. The van der Waals surface area contributed by atoms with Gasteiger partial charge in [0.05, 0.1) is 28.0 Å². The molecule has 41 heavy (non-hydrogen) atoms. The highest BCUT2D eigenvalue weighted by Crippen LogP contribution is 2.52. The predicted octanol–water partition coefficient (Wildman–Crippen LogP) is 5.26. The van der Waals surface area contributed by atoms with Crippen molar-refractivity contribution >= 4 is 52.7 Å². The summed E-state index contributed by atoms with van der Waals surface area (Å²) in [4.78, 5) is 66.6. The van der Waals surface area contributed by atoms with E-state index in [9.17, 15) is 24.0 Å². The molecule has 3 aliphatic rings. The Kier molecular flexibility index (Phi) is 6.97. The standard InChI is InChI=1S/C31H22Cl2N2O6/c32-21-10-13-23(24(33)15-21)28(37)34(35-29(38)26-19-6-7-20(14-19)27(26)30(35)39)16-25(36)17-8-11-22(12-9-17)41-31(40)18-4-2-1-3-5-18/h1-13,15,19-20,26-27H,14,16H2/t19-,20-,26-,27-/m0/s1. The van der Waals surface area contributed by atoms with Crippen LogP contribution in [0, 0.1) is 23.7 Å². The molecular formula is C31H22Cl2N2O6. The van der Waals surface area contributed by atoms with Gasteiger partial charge in [-0.05, 0) is 72.9 Å². The molecule has 1 saturated carbocycles. The lowest BCUT2D eigenvalue weighted by atomic mass is 9.85. The van der Waals surface area contributed by atoms with Crippen molar-refractivity contribution in [1.82, 2.24) is 10.0 Å². The second kappa shape index (κ2) is 10.6. The number of carbonyl (C=O) groups is 5.